The third-order valence-corrected chi connectivity index (χ3v) is 2.53. The second kappa shape index (κ2) is 6.67. The van der Waals surface area contributed by atoms with E-state index in [1.54, 1.807) is 0 Å². The molecule has 88 valence electrons. The van der Waals surface area contributed by atoms with Crippen molar-refractivity contribution >= 4 is 5.96 Å². The van der Waals surface area contributed by atoms with Crippen molar-refractivity contribution in [2.75, 3.05) is 13.2 Å². The predicted octanol–water partition coefficient (Wildman–Crippen LogP) is 1.26. The van der Waals surface area contributed by atoms with Gasteiger partial charge in [-0.15, -0.1) is 0 Å². The Morgan fingerprint density at radius 2 is 2.13 bits per heavy atom. The third-order valence-electron chi connectivity index (χ3n) is 2.53. The fourth-order valence-electron chi connectivity index (χ4n) is 1.78. The van der Waals surface area contributed by atoms with Crippen molar-refractivity contribution in [2.45, 2.75) is 51.7 Å². The monoisotopic (exact) mass is 213 g/mol. The van der Waals surface area contributed by atoms with Gasteiger partial charge in [0.15, 0.2) is 5.96 Å². The first-order valence-corrected chi connectivity index (χ1v) is 5.86. The highest BCUT2D eigenvalue weighted by Gasteiger charge is 2.14. The number of nitrogens with one attached hydrogen (secondary N) is 1. The van der Waals surface area contributed by atoms with Gasteiger partial charge in [-0.05, 0) is 26.7 Å². The highest BCUT2D eigenvalue weighted by atomic mass is 16.5. The van der Waals surface area contributed by atoms with Crippen molar-refractivity contribution in [1.29, 1.82) is 0 Å². The van der Waals surface area contributed by atoms with E-state index in [0.717, 1.165) is 0 Å². The summed E-state index contributed by atoms with van der Waals surface area (Å²) in [6, 6.07) is 0.541. The molecule has 0 aliphatic heterocycles. The minimum absolute atomic E-state index is 0.268. The van der Waals surface area contributed by atoms with E-state index < -0.39 is 0 Å². The van der Waals surface area contributed by atoms with Gasteiger partial charge in [0.05, 0.1) is 19.3 Å². The Hall–Kier alpha value is -0.770. The van der Waals surface area contributed by atoms with Gasteiger partial charge in [-0.3, -0.25) is 4.99 Å². The summed E-state index contributed by atoms with van der Waals surface area (Å²) in [5.41, 5.74) is 5.75. The largest absolute Gasteiger partial charge is 0.377 e. The van der Waals surface area contributed by atoms with Gasteiger partial charge in [-0.25, -0.2) is 0 Å². The zero-order chi connectivity index (χ0) is 11.1. The van der Waals surface area contributed by atoms with Gasteiger partial charge in [0.2, 0.25) is 0 Å². The molecule has 0 spiro atoms. The molecule has 0 heterocycles. The Balaban J connectivity index is 2.09. The second-order valence-corrected chi connectivity index (χ2v) is 4.31. The molecule has 1 rings (SSSR count). The molecular formula is C11H23N3O. The number of rotatable bonds is 5. The zero-order valence-corrected chi connectivity index (χ0v) is 9.83. The van der Waals surface area contributed by atoms with Crippen molar-refractivity contribution < 1.29 is 4.74 Å². The molecule has 0 amide bonds. The van der Waals surface area contributed by atoms with Crippen LogP contribution >= 0.6 is 0 Å². The molecule has 1 saturated carbocycles. The van der Waals surface area contributed by atoms with E-state index in [-0.39, 0.29) is 6.10 Å². The van der Waals surface area contributed by atoms with E-state index in [2.05, 4.69) is 10.3 Å². The van der Waals surface area contributed by atoms with Crippen LogP contribution in [-0.2, 0) is 4.74 Å². The van der Waals surface area contributed by atoms with E-state index in [4.69, 9.17) is 10.5 Å². The van der Waals surface area contributed by atoms with Crippen molar-refractivity contribution in [1.82, 2.24) is 5.32 Å². The molecule has 1 fully saturated rings. The molecule has 4 nitrogen and oxygen atoms in total. The van der Waals surface area contributed by atoms with Crippen molar-refractivity contribution in [2.24, 2.45) is 10.7 Å². The number of nitrogens with zero attached hydrogens (tertiary/aromatic N) is 1. The van der Waals surface area contributed by atoms with Gasteiger partial charge < -0.3 is 15.8 Å². The van der Waals surface area contributed by atoms with E-state index in [1.165, 1.54) is 25.7 Å². The minimum Gasteiger partial charge on any atom is -0.377 e. The van der Waals surface area contributed by atoms with Crippen LogP contribution in [0.25, 0.3) is 0 Å². The van der Waals surface area contributed by atoms with Crippen molar-refractivity contribution in [3.63, 3.8) is 0 Å². The van der Waals surface area contributed by atoms with Gasteiger partial charge in [0.25, 0.3) is 0 Å². The smallest absolute Gasteiger partial charge is 0.188 e. The van der Waals surface area contributed by atoms with Crippen LogP contribution in [0.3, 0.4) is 0 Å². The van der Waals surface area contributed by atoms with Crippen molar-refractivity contribution in [3.05, 3.63) is 0 Å². The first-order valence-electron chi connectivity index (χ1n) is 5.86. The number of hydrogen-bond acceptors (Lipinski definition) is 2. The maximum absolute atomic E-state index is 5.75. The van der Waals surface area contributed by atoms with Gasteiger partial charge in [-0.1, -0.05) is 12.8 Å². The molecule has 3 N–H and O–H groups in total. The highest BCUT2D eigenvalue weighted by Crippen LogP contribution is 2.17. The van der Waals surface area contributed by atoms with Crippen molar-refractivity contribution in [3.8, 4) is 0 Å². The summed E-state index contributed by atoms with van der Waals surface area (Å²) in [4.78, 5) is 4.22. The quantitative estimate of drug-likeness (QED) is 0.410. The Morgan fingerprint density at radius 1 is 1.47 bits per heavy atom. The van der Waals surface area contributed by atoms with Crippen LogP contribution in [0, 0.1) is 0 Å². The third kappa shape index (κ3) is 5.62. The van der Waals surface area contributed by atoms with Gasteiger partial charge in [0.1, 0.15) is 0 Å². The van der Waals surface area contributed by atoms with E-state index in [0.29, 0.717) is 25.2 Å². The fourth-order valence-corrected chi connectivity index (χ4v) is 1.78. The molecule has 0 atom stereocenters. The topological polar surface area (TPSA) is 59.6 Å². The molecular weight excluding hydrogens is 190 g/mol. The number of hydrogen-bond donors (Lipinski definition) is 2. The van der Waals surface area contributed by atoms with E-state index in [9.17, 15) is 0 Å². The molecule has 0 radical (unpaired) electrons. The maximum Gasteiger partial charge on any atom is 0.188 e. The molecule has 4 heteroatoms. The molecule has 1 aliphatic carbocycles. The summed E-state index contributed by atoms with van der Waals surface area (Å²) in [6.45, 7) is 5.32. The fraction of sp³-hybridized carbons (Fsp3) is 0.909. The Labute approximate surface area is 92.3 Å². The maximum atomic E-state index is 5.75. The molecule has 15 heavy (non-hydrogen) atoms. The SMILES string of the molecule is CC(C)OCCN=C(N)NC1CCCC1. The first kappa shape index (κ1) is 12.3. The standard InChI is InChI=1S/C11H23N3O/c1-9(2)15-8-7-13-11(12)14-10-5-3-4-6-10/h9-10H,3-8H2,1-2H3,(H3,12,13,14). The summed E-state index contributed by atoms with van der Waals surface area (Å²) in [6.07, 6.45) is 5.32. The van der Waals surface area contributed by atoms with Crippen LogP contribution in [0.2, 0.25) is 0 Å². The predicted molar refractivity (Wildman–Crippen MR) is 63.0 cm³/mol. The van der Waals surface area contributed by atoms with Crippen LogP contribution in [0.1, 0.15) is 39.5 Å². The lowest BCUT2D eigenvalue weighted by molar-refractivity contribution is 0.0853. The summed E-state index contributed by atoms with van der Waals surface area (Å²) < 4.78 is 5.37. The Kier molecular flexibility index (Phi) is 5.47. The number of aliphatic imine (C=N–C) groups is 1. The lowest BCUT2D eigenvalue weighted by Crippen LogP contribution is -2.38. The number of guanidine groups is 1. The summed E-state index contributed by atoms with van der Waals surface area (Å²) >= 11 is 0. The molecule has 0 unspecified atom stereocenters. The summed E-state index contributed by atoms with van der Waals surface area (Å²) in [7, 11) is 0. The van der Waals surface area contributed by atoms with Crippen LogP contribution in [0.5, 0.6) is 0 Å². The molecule has 0 aromatic heterocycles. The zero-order valence-electron chi connectivity index (χ0n) is 9.83. The molecule has 0 bridgehead atoms. The summed E-state index contributed by atoms with van der Waals surface area (Å²) in [5, 5.41) is 3.24. The Bertz CT molecular complexity index is 198. The molecule has 0 aromatic rings. The van der Waals surface area contributed by atoms with E-state index >= 15 is 0 Å². The van der Waals surface area contributed by atoms with E-state index in [1.807, 2.05) is 13.8 Å². The molecule has 0 aromatic carbocycles. The van der Waals surface area contributed by atoms with Gasteiger partial charge in [-0.2, -0.15) is 0 Å². The van der Waals surface area contributed by atoms with Crippen LogP contribution in [-0.4, -0.2) is 31.3 Å². The van der Waals surface area contributed by atoms with Gasteiger partial charge in [0, 0.05) is 6.04 Å². The molecule has 1 aliphatic rings. The molecule has 0 saturated heterocycles. The highest BCUT2D eigenvalue weighted by molar-refractivity contribution is 5.78. The average Bonchev–Trinajstić information content (AvgIpc) is 2.64. The lowest BCUT2D eigenvalue weighted by atomic mass is 10.2. The van der Waals surface area contributed by atoms with Gasteiger partial charge >= 0.3 is 0 Å². The number of ether oxygens (including phenoxy) is 1. The Morgan fingerprint density at radius 3 is 2.73 bits per heavy atom. The average molecular weight is 213 g/mol. The minimum atomic E-state index is 0.268. The van der Waals surface area contributed by atoms with Crippen LogP contribution < -0.4 is 11.1 Å². The lowest BCUT2D eigenvalue weighted by Gasteiger charge is -2.12. The second-order valence-electron chi connectivity index (χ2n) is 4.31. The van der Waals surface area contributed by atoms with Crippen LogP contribution in [0.15, 0.2) is 4.99 Å². The summed E-state index contributed by atoms with van der Waals surface area (Å²) in [5.74, 6) is 0.564. The number of nitrogens with two attached hydrogens (primary N) is 1. The normalized spacial score (nSPS) is 18.7. The first-order chi connectivity index (χ1) is 7.18. The van der Waals surface area contributed by atoms with Crippen LogP contribution in [0.4, 0.5) is 0 Å².